The van der Waals surface area contributed by atoms with Crippen LogP contribution in [-0.4, -0.2) is 49.8 Å². The van der Waals surface area contributed by atoms with Gasteiger partial charge in [-0.1, -0.05) is 13.3 Å². The third-order valence-corrected chi connectivity index (χ3v) is 3.24. The largest absolute Gasteiger partial charge is 0.377 e. The minimum absolute atomic E-state index is 0.414. The van der Waals surface area contributed by atoms with Crippen LogP contribution in [0.4, 0.5) is 0 Å². The Kier molecular flexibility index (Phi) is 2.86. The smallest absolute Gasteiger partial charge is 0.0679 e. The molecule has 0 aromatic carbocycles. The predicted molar refractivity (Wildman–Crippen MR) is 52.9 cm³/mol. The monoisotopic (exact) mass is 184 g/mol. The third kappa shape index (κ3) is 1.73. The first-order chi connectivity index (χ1) is 6.37. The van der Waals surface area contributed by atoms with Crippen molar-refractivity contribution < 1.29 is 4.74 Å². The minimum atomic E-state index is 0.414. The molecule has 3 heteroatoms. The Morgan fingerprint density at radius 1 is 1.31 bits per heavy atom. The van der Waals surface area contributed by atoms with Crippen LogP contribution in [0.2, 0.25) is 0 Å². The Morgan fingerprint density at radius 2 is 2.00 bits per heavy atom. The predicted octanol–water partition coefficient (Wildman–Crippen LogP) is 0.461. The highest BCUT2D eigenvalue weighted by atomic mass is 16.5. The van der Waals surface area contributed by atoms with Gasteiger partial charge in [0.1, 0.15) is 0 Å². The number of nitrogens with one attached hydrogen (secondary N) is 1. The summed E-state index contributed by atoms with van der Waals surface area (Å²) in [6.07, 6.45) is 2.57. The highest BCUT2D eigenvalue weighted by molar-refractivity contribution is 4.97. The molecule has 0 aromatic heterocycles. The van der Waals surface area contributed by atoms with Gasteiger partial charge in [-0.25, -0.2) is 0 Å². The topological polar surface area (TPSA) is 24.5 Å². The van der Waals surface area contributed by atoms with E-state index >= 15 is 0 Å². The van der Waals surface area contributed by atoms with Gasteiger partial charge in [0.2, 0.25) is 0 Å². The van der Waals surface area contributed by atoms with Crippen LogP contribution in [-0.2, 0) is 4.74 Å². The lowest BCUT2D eigenvalue weighted by Gasteiger charge is -2.51. The van der Waals surface area contributed by atoms with Crippen LogP contribution in [0.1, 0.15) is 19.8 Å². The van der Waals surface area contributed by atoms with Crippen LogP contribution < -0.4 is 5.32 Å². The van der Waals surface area contributed by atoms with Gasteiger partial charge in [0.05, 0.1) is 18.8 Å². The van der Waals surface area contributed by atoms with Crippen LogP contribution in [0.15, 0.2) is 0 Å². The highest BCUT2D eigenvalue weighted by Gasteiger charge is 2.43. The molecular weight excluding hydrogens is 164 g/mol. The van der Waals surface area contributed by atoms with Crippen molar-refractivity contribution >= 4 is 0 Å². The molecule has 0 unspecified atom stereocenters. The fourth-order valence-corrected chi connectivity index (χ4v) is 2.43. The average Bonchev–Trinajstić information content (AvgIpc) is 2.13. The van der Waals surface area contributed by atoms with Crippen molar-refractivity contribution in [2.45, 2.75) is 25.3 Å². The Hall–Kier alpha value is -0.120. The number of hydrogen-bond donors (Lipinski definition) is 1. The quantitative estimate of drug-likeness (QED) is 0.689. The zero-order chi connectivity index (χ0) is 9.15. The second-order valence-corrected chi connectivity index (χ2v) is 4.20. The number of nitrogens with zero attached hydrogens (tertiary/aromatic N) is 1. The fraction of sp³-hybridized carbons (Fsp3) is 1.00. The van der Waals surface area contributed by atoms with E-state index in [0.717, 1.165) is 26.3 Å². The maximum Gasteiger partial charge on any atom is 0.0679 e. The van der Waals surface area contributed by atoms with Gasteiger partial charge >= 0.3 is 0 Å². The Morgan fingerprint density at radius 3 is 2.46 bits per heavy atom. The number of ether oxygens (including phenoxy) is 1. The summed E-state index contributed by atoms with van der Waals surface area (Å²) < 4.78 is 5.38. The molecule has 1 N–H and O–H groups in total. The maximum atomic E-state index is 5.38. The van der Waals surface area contributed by atoms with Gasteiger partial charge in [0, 0.05) is 26.2 Å². The van der Waals surface area contributed by atoms with Crippen molar-refractivity contribution in [1.29, 1.82) is 0 Å². The summed E-state index contributed by atoms with van der Waals surface area (Å²) in [7, 11) is 0. The molecule has 2 rings (SSSR count). The third-order valence-electron chi connectivity index (χ3n) is 3.24. The van der Waals surface area contributed by atoms with Gasteiger partial charge in [-0.3, -0.25) is 4.90 Å². The van der Waals surface area contributed by atoms with Crippen LogP contribution in [0.25, 0.3) is 0 Å². The summed E-state index contributed by atoms with van der Waals surface area (Å²) in [6, 6.07) is 0. The van der Waals surface area contributed by atoms with E-state index in [9.17, 15) is 0 Å². The van der Waals surface area contributed by atoms with E-state index in [1.807, 2.05) is 0 Å². The lowest BCUT2D eigenvalue weighted by atomic mass is 9.89. The van der Waals surface area contributed by atoms with Crippen LogP contribution in [0, 0.1) is 0 Å². The number of piperazine rings is 1. The summed E-state index contributed by atoms with van der Waals surface area (Å²) in [4.78, 5) is 2.62. The van der Waals surface area contributed by atoms with E-state index in [1.54, 1.807) is 0 Å². The summed E-state index contributed by atoms with van der Waals surface area (Å²) in [5.41, 5.74) is 0.414. The van der Waals surface area contributed by atoms with E-state index < -0.39 is 0 Å². The summed E-state index contributed by atoms with van der Waals surface area (Å²) in [5.74, 6) is 0. The second-order valence-electron chi connectivity index (χ2n) is 4.20. The molecule has 76 valence electrons. The molecule has 0 spiro atoms. The van der Waals surface area contributed by atoms with E-state index in [1.165, 1.54) is 25.9 Å². The first-order valence-corrected chi connectivity index (χ1v) is 5.41. The fourth-order valence-electron chi connectivity index (χ4n) is 2.43. The van der Waals surface area contributed by atoms with Crippen molar-refractivity contribution in [1.82, 2.24) is 10.2 Å². The summed E-state index contributed by atoms with van der Waals surface area (Å²) in [5, 5.41) is 3.39. The SMILES string of the molecule is CCCC1(N2CCNCC2)COC1. The zero-order valence-corrected chi connectivity index (χ0v) is 8.51. The van der Waals surface area contributed by atoms with Gasteiger partial charge in [-0.2, -0.15) is 0 Å². The zero-order valence-electron chi connectivity index (χ0n) is 8.51. The van der Waals surface area contributed by atoms with E-state index in [4.69, 9.17) is 4.74 Å². The van der Waals surface area contributed by atoms with Crippen molar-refractivity contribution in [2.24, 2.45) is 0 Å². The maximum absolute atomic E-state index is 5.38. The highest BCUT2D eigenvalue weighted by Crippen LogP contribution is 2.30. The Labute approximate surface area is 80.4 Å². The van der Waals surface area contributed by atoms with Gasteiger partial charge < -0.3 is 10.1 Å². The number of hydrogen-bond acceptors (Lipinski definition) is 3. The Balaban J connectivity index is 1.93. The van der Waals surface area contributed by atoms with Gasteiger partial charge in [-0.05, 0) is 6.42 Å². The lowest BCUT2D eigenvalue weighted by Crippen LogP contribution is -2.65. The van der Waals surface area contributed by atoms with Crippen molar-refractivity contribution in [3.05, 3.63) is 0 Å². The molecule has 0 aliphatic carbocycles. The van der Waals surface area contributed by atoms with Gasteiger partial charge in [0.15, 0.2) is 0 Å². The molecule has 0 amide bonds. The van der Waals surface area contributed by atoms with Crippen molar-refractivity contribution in [3.63, 3.8) is 0 Å². The van der Waals surface area contributed by atoms with E-state index in [2.05, 4.69) is 17.1 Å². The molecule has 2 saturated heterocycles. The molecule has 0 saturated carbocycles. The van der Waals surface area contributed by atoms with E-state index in [0.29, 0.717) is 5.54 Å². The van der Waals surface area contributed by atoms with Crippen LogP contribution in [0.5, 0.6) is 0 Å². The molecule has 2 aliphatic heterocycles. The molecule has 2 aliphatic rings. The van der Waals surface area contributed by atoms with Crippen LogP contribution in [0.3, 0.4) is 0 Å². The van der Waals surface area contributed by atoms with E-state index in [-0.39, 0.29) is 0 Å². The summed E-state index contributed by atoms with van der Waals surface area (Å²) >= 11 is 0. The van der Waals surface area contributed by atoms with Crippen molar-refractivity contribution in [3.8, 4) is 0 Å². The molecule has 0 radical (unpaired) electrons. The molecule has 0 aromatic rings. The number of rotatable bonds is 3. The minimum Gasteiger partial charge on any atom is -0.377 e. The lowest BCUT2D eigenvalue weighted by molar-refractivity contribution is -0.147. The summed E-state index contributed by atoms with van der Waals surface area (Å²) in [6.45, 7) is 8.87. The normalized spacial score (nSPS) is 28.4. The molecule has 3 nitrogen and oxygen atoms in total. The molecule has 0 atom stereocenters. The Bertz CT molecular complexity index is 162. The van der Waals surface area contributed by atoms with Gasteiger partial charge in [-0.15, -0.1) is 0 Å². The standard InChI is InChI=1S/C10H20N2O/c1-2-3-10(8-13-9-10)12-6-4-11-5-7-12/h11H,2-9H2,1H3. The second kappa shape index (κ2) is 3.95. The molecule has 0 bridgehead atoms. The average molecular weight is 184 g/mol. The first-order valence-electron chi connectivity index (χ1n) is 5.41. The molecular formula is C10H20N2O. The van der Waals surface area contributed by atoms with Crippen molar-refractivity contribution in [2.75, 3.05) is 39.4 Å². The molecule has 13 heavy (non-hydrogen) atoms. The first kappa shape index (κ1) is 9.44. The molecule has 2 heterocycles. The van der Waals surface area contributed by atoms with Gasteiger partial charge in [0.25, 0.3) is 0 Å². The molecule has 2 fully saturated rings. The van der Waals surface area contributed by atoms with Crippen LogP contribution >= 0.6 is 0 Å².